The van der Waals surface area contributed by atoms with Crippen molar-refractivity contribution in [3.63, 3.8) is 0 Å². The second-order valence-electron chi connectivity index (χ2n) is 5.47. The van der Waals surface area contributed by atoms with Crippen LogP contribution in [0.15, 0.2) is 4.99 Å². The van der Waals surface area contributed by atoms with E-state index in [0.29, 0.717) is 0 Å². The van der Waals surface area contributed by atoms with Crippen LogP contribution in [0.5, 0.6) is 0 Å². The first kappa shape index (κ1) is 14.6. The van der Waals surface area contributed by atoms with Crippen LogP contribution in [0.4, 0.5) is 5.69 Å². The molecule has 0 fully saturated rings. The quantitative estimate of drug-likeness (QED) is 0.888. The number of rotatable bonds is 3. The van der Waals surface area contributed by atoms with Gasteiger partial charge < -0.3 is 10.6 Å². The van der Waals surface area contributed by atoms with Crippen LogP contribution in [0.25, 0.3) is 0 Å². The summed E-state index contributed by atoms with van der Waals surface area (Å²) in [4.78, 5) is 15.8. The molecule has 0 atom stereocenters. The van der Waals surface area contributed by atoms with Crippen molar-refractivity contribution in [2.45, 2.75) is 41.0 Å². The molecule has 0 aliphatic carbocycles. The molecular weight excluding hydrogens is 250 g/mol. The van der Waals surface area contributed by atoms with Crippen molar-refractivity contribution in [3.05, 3.63) is 27.8 Å². The van der Waals surface area contributed by atoms with Gasteiger partial charge in [0.25, 0.3) is 0 Å². The lowest BCUT2D eigenvalue weighted by molar-refractivity contribution is -0.114. The maximum absolute atomic E-state index is 11.4. The summed E-state index contributed by atoms with van der Waals surface area (Å²) >= 11 is 0. The van der Waals surface area contributed by atoms with Crippen LogP contribution >= 0.6 is 0 Å². The minimum Gasteiger partial charge on any atom is -0.372 e. The molecule has 2 N–H and O–H groups in total. The molecule has 2 rings (SSSR count). The highest BCUT2D eigenvalue weighted by Crippen LogP contribution is 2.31. The fraction of sp³-hybridized carbons (Fsp3) is 0.500. The first-order chi connectivity index (χ1) is 9.41. The van der Waals surface area contributed by atoms with Gasteiger partial charge in [-0.15, -0.1) is 0 Å². The van der Waals surface area contributed by atoms with Crippen molar-refractivity contribution in [1.82, 2.24) is 5.32 Å². The zero-order valence-corrected chi connectivity index (χ0v) is 13.0. The Labute approximate surface area is 120 Å². The number of aliphatic imine (C=N–C) groups is 1. The highest BCUT2D eigenvalue weighted by molar-refractivity contribution is 5.92. The molecule has 4 heteroatoms. The van der Waals surface area contributed by atoms with Gasteiger partial charge in [-0.1, -0.05) is 0 Å². The first-order valence-electron chi connectivity index (χ1n) is 7.05. The summed E-state index contributed by atoms with van der Waals surface area (Å²) in [5, 5.41) is 6.28. The number of nitrogens with one attached hydrogen (secondary N) is 2. The highest BCUT2D eigenvalue weighted by atomic mass is 16.1. The predicted molar refractivity (Wildman–Crippen MR) is 83.7 cm³/mol. The third-order valence-electron chi connectivity index (χ3n) is 4.17. The predicted octanol–water partition coefficient (Wildman–Crippen LogP) is 2.42. The number of amidine groups is 1. The van der Waals surface area contributed by atoms with E-state index in [1.165, 1.54) is 16.7 Å². The molecule has 1 amide bonds. The summed E-state index contributed by atoms with van der Waals surface area (Å²) in [5.74, 6) is 1.05. The fourth-order valence-electron chi connectivity index (χ4n) is 2.75. The number of hydrogen-bond acceptors (Lipinski definition) is 3. The minimum absolute atomic E-state index is 0.0235. The Hall–Kier alpha value is -1.84. The number of carbonyl (C=O) groups is 1. The molecule has 20 heavy (non-hydrogen) atoms. The molecule has 0 saturated carbocycles. The molecular formula is C16H23N3O. The van der Waals surface area contributed by atoms with E-state index in [4.69, 9.17) is 0 Å². The van der Waals surface area contributed by atoms with E-state index < -0.39 is 0 Å². The molecule has 1 aliphatic heterocycles. The molecule has 1 aromatic carbocycles. The zero-order chi connectivity index (χ0) is 14.9. The van der Waals surface area contributed by atoms with Crippen molar-refractivity contribution in [1.29, 1.82) is 0 Å². The zero-order valence-electron chi connectivity index (χ0n) is 13.0. The van der Waals surface area contributed by atoms with E-state index in [1.54, 1.807) is 6.92 Å². The van der Waals surface area contributed by atoms with E-state index in [-0.39, 0.29) is 5.91 Å². The molecule has 1 heterocycles. The maximum atomic E-state index is 11.4. The molecule has 1 aliphatic rings. The summed E-state index contributed by atoms with van der Waals surface area (Å²) in [5.41, 5.74) is 7.06. The first-order valence-corrected chi connectivity index (χ1v) is 7.05. The summed E-state index contributed by atoms with van der Waals surface area (Å²) < 4.78 is 0. The maximum Gasteiger partial charge on any atom is 0.221 e. The van der Waals surface area contributed by atoms with Gasteiger partial charge in [-0.3, -0.25) is 9.79 Å². The highest BCUT2D eigenvalue weighted by Gasteiger charge is 2.17. The van der Waals surface area contributed by atoms with Crippen LogP contribution < -0.4 is 10.6 Å². The van der Waals surface area contributed by atoms with Gasteiger partial charge in [-0.05, 0) is 55.5 Å². The topological polar surface area (TPSA) is 53.5 Å². The van der Waals surface area contributed by atoms with Gasteiger partial charge in [0.15, 0.2) is 0 Å². The average molecular weight is 273 g/mol. The molecule has 0 unspecified atom stereocenters. The number of amides is 1. The van der Waals surface area contributed by atoms with Gasteiger partial charge in [0.1, 0.15) is 5.84 Å². The van der Waals surface area contributed by atoms with Gasteiger partial charge in [0.2, 0.25) is 5.91 Å². The third-order valence-corrected chi connectivity index (χ3v) is 4.17. The smallest absolute Gasteiger partial charge is 0.221 e. The number of nitrogens with zero attached hydrogens (tertiary/aromatic N) is 1. The van der Waals surface area contributed by atoms with Crippen molar-refractivity contribution in [2.75, 3.05) is 18.4 Å². The van der Waals surface area contributed by atoms with Gasteiger partial charge in [0, 0.05) is 25.6 Å². The van der Waals surface area contributed by atoms with Crippen LogP contribution in [0, 0.1) is 27.7 Å². The van der Waals surface area contributed by atoms with Crippen LogP contribution in [-0.2, 0) is 11.2 Å². The normalized spacial score (nSPS) is 13.9. The molecule has 4 nitrogen and oxygen atoms in total. The second-order valence-corrected chi connectivity index (χ2v) is 5.47. The summed E-state index contributed by atoms with van der Waals surface area (Å²) in [6.45, 7) is 11.7. The Bertz CT molecular complexity index is 559. The molecule has 0 saturated heterocycles. The van der Waals surface area contributed by atoms with Gasteiger partial charge >= 0.3 is 0 Å². The number of carbonyl (C=O) groups excluding carboxylic acids is 1. The van der Waals surface area contributed by atoms with Crippen LogP contribution in [0.1, 0.15) is 34.7 Å². The average Bonchev–Trinajstić information content (AvgIpc) is 2.90. The van der Waals surface area contributed by atoms with Crippen molar-refractivity contribution in [3.8, 4) is 0 Å². The molecule has 0 bridgehead atoms. The Morgan fingerprint density at radius 2 is 1.75 bits per heavy atom. The standard InChI is InChI=1S/C16H23N3O/c1-9-11(3)16(19-13(5)20)12(4)10(2)14(9)8-15-17-6-7-18-15/h6-8H2,1-5H3,(H,17,18)(H,19,20). The monoisotopic (exact) mass is 273 g/mol. The Morgan fingerprint density at radius 3 is 2.20 bits per heavy atom. The SMILES string of the molecule is CC(=O)Nc1c(C)c(C)c(CC2=NCCN2)c(C)c1C. The molecule has 0 radical (unpaired) electrons. The lowest BCUT2D eigenvalue weighted by atomic mass is 9.90. The fourth-order valence-corrected chi connectivity index (χ4v) is 2.75. The summed E-state index contributed by atoms with van der Waals surface area (Å²) in [6, 6.07) is 0. The third kappa shape index (κ3) is 2.69. The van der Waals surface area contributed by atoms with Crippen LogP contribution in [-0.4, -0.2) is 24.8 Å². The van der Waals surface area contributed by atoms with E-state index in [1.807, 2.05) is 0 Å². The molecule has 108 valence electrons. The molecule has 0 aromatic heterocycles. The van der Waals surface area contributed by atoms with Gasteiger partial charge in [-0.2, -0.15) is 0 Å². The molecule has 0 spiro atoms. The van der Waals surface area contributed by atoms with Crippen molar-refractivity contribution < 1.29 is 4.79 Å². The van der Waals surface area contributed by atoms with Gasteiger partial charge in [-0.25, -0.2) is 0 Å². The van der Waals surface area contributed by atoms with E-state index in [0.717, 1.165) is 42.2 Å². The molecule has 1 aromatic rings. The number of anilines is 1. The van der Waals surface area contributed by atoms with Gasteiger partial charge in [0.05, 0.1) is 6.54 Å². The lowest BCUT2D eigenvalue weighted by Crippen LogP contribution is -2.22. The van der Waals surface area contributed by atoms with Crippen molar-refractivity contribution >= 4 is 17.4 Å². The minimum atomic E-state index is -0.0235. The van der Waals surface area contributed by atoms with Crippen molar-refractivity contribution in [2.24, 2.45) is 4.99 Å². The largest absolute Gasteiger partial charge is 0.372 e. The van der Waals surface area contributed by atoms with Crippen LogP contribution in [0.3, 0.4) is 0 Å². The number of benzene rings is 1. The Balaban J connectivity index is 2.46. The van der Waals surface area contributed by atoms with E-state index in [2.05, 4.69) is 43.3 Å². The Kier molecular flexibility index (Phi) is 4.12. The lowest BCUT2D eigenvalue weighted by Gasteiger charge is -2.20. The Morgan fingerprint density at radius 1 is 1.15 bits per heavy atom. The summed E-state index contributed by atoms with van der Waals surface area (Å²) in [6.07, 6.45) is 0.847. The van der Waals surface area contributed by atoms with Crippen LogP contribution in [0.2, 0.25) is 0 Å². The number of hydrogen-bond donors (Lipinski definition) is 2. The summed E-state index contributed by atoms with van der Waals surface area (Å²) in [7, 11) is 0. The van der Waals surface area contributed by atoms with E-state index in [9.17, 15) is 4.79 Å². The second kappa shape index (κ2) is 5.65. The van der Waals surface area contributed by atoms with E-state index >= 15 is 0 Å².